The normalized spacial score (nSPS) is 11.7. The standard InChI is InChI=1S/C31H19ClF4N4O3/c1-39-13-11-20-26(10-12-37-29(20)39)43-27-9-7-18(15-23(27)33)38-30(42)21-16-40(24-5-3-2-4-19(24)28(21)41)25-8-6-17(14-22(25)32)31(34,35)36/h2-16H,1H3,(H,38,42). The number of aryl methyl sites for hydroxylation is 1. The number of hydrogen-bond donors (Lipinski definition) is 1. The first kappa shape index (κ1) is 28.0. The lowest BCUT2D eigenvalue weighted by molar-refractivity contribution is -0.137. The molecule has 0 aliphatic heterocycles. The highest BCUT2D eigenvalue weighted by Crippen LogP contribution is 2.35. The molecule has 6 rings (SSSR count). The van der Waals surface area contributed by atoms with Crippen molar-refractivity contribution >= 4 is 45.1 Å². The Balaban J connectivity index is 1.33. The summed E-state index contributed by atoms with van der Waals surface area (Å²) in [4.78, 5) is 30.9. The van der Waals surface area contributed by atoms with Gasteiger partial charge in [-0.1, -0.05) is 23.7 Å². The lowest BCUT2D eigenvalue weighted by Gasteiger charge is -2.16. The van der Waals surface area contributed by atoms with Crippen LogP contribution in [0.3, 0.4) is 0 Å². The second-order valence-corrected chi connectivity index (χ2v) is 10.0. The topological polar surface area (TPSA) is 78.1 Å². The maximum Gasteiger partial charge on any atom is 0.416 e. The fourth-order valence-corrected chi connectivity index (χ4v) is 5.00. The molecule has 7 nitrogen and oxygen atoms in total. The van der Waals surface area contributed by atoms with Gasteiger partial charge < -0.3 is 19.2 Å². The zero-order chi connectivity index (χ0) is 30.5. The number of anilines is 1. The average molecular weight is 607 g/mol. The van der Waals surface area contributed by atoms with Gasteiger partial charge in [-0.15, -0.1) is 0 Å². The van der Waals surface area contributed by atoms with Crippen molar-refractivity contribution < 1.29 is 27.1 Å². The molecule has 0 aliphatic carbocycles. The summed E-state index contributed by atoms with van der Waals surface area (Å²) in [6.45, 7) is 0. The molecule has 43 heavy (non-hydrogen) atoms. The summed E-state index contributed by atoms with van der Waals surface area (Å²) in [5, 5.41) is 3.08. The summed E-state index contributed by atoms with van der Waals surface area (Å²) in [6.07, 6.45) is -0.0815. The number of nitrogens with one attached hydrogen (secondary N) is 1. The first-order valence-corrected chi connectivity index (χ1v) is 13.1. The molecule has 0 radical (unpaired) electrons. The Morgan fingerprint density at radius 1 is 0.977 bits per heavy atom. The van der Waals surface area contributed by atoms with Crippen molar-refractivity contribution in [2.75, 3.05) is 5.32 Å². The quantitative estimate of drug-likeness (QED) is 0.204. The molecular formula is C31H19ClF4N4O3. The van der Waals surface area contributed by atoms with E-state index in [0.29, 0.717) is 22.3 Å². The molecule has 6 aromatic rings. The number of ether oxygens (including phenoxy) is 1. The number of halogens is 5. The van der Waals surface area contributed by atoms with Gasteiger partial charge in [0.25, 0.3) is 5.91 Å². The molecular weight excluding hydrogens is 588 g/mol. The highest BCUT2D eigenvalue weighted by Gasteiger charge is 2.31. The number of carbonyl (C=O) groups excluding carboxylic acids is 1. The lowest BCUT2D eigenvalue weighted by Crippen LogP contribution is -2.23. The highest BCUT2D eigenvalue weighted by atomic mass is 35.5. The Labute approximate surface area is 245 Å². The third kappa shape index (κ3) is 5.19. The van der Waals surface area contributed by atoms with Crippen LogP contribution in [-0.4, -0.2) is 20.0 Å². The largest absolute Gasteiger partial charge is 0.453 e. The van der Waals surface area contributed by atoms with Crippen molar-refractivity contribution in [1.82, 2.24) is 14.1 Å². The predicted octanol–water partition coefficient (Wildman–Crippen LogP) is 7.73. The summed E-state index contributed by atoms with van der Waals surface area (Å²) < 4.78 is 63.6. The van der Waals surface area contributed by atoms with Gasteiger partial charge in [0.05, 0.1) is 27.2 Å². The van der Waals surface area contributed by atoms with Crippen LogP contribution in [-0.2, 0) is 13.2 Å². The zero-order valence-electron chi connectivity index (χ0n) is 22.1. The monoisotopic (exact) mass is 606 g/mol. The van der Waals surface area contributed by atoms with Crippen LogP contribution in [0.25, 0.3) is 27.6 Å². The Hall–Kier alpha value is -5.16. The highest BCUT2D eigenvalue weighted by molar-refractivity contribution is 6.32. The number of fused-ring (bicyclic) bond motifs is 2. The summed E-state index contributed by atoms with van der Waals surface area (Å²) in [5.74, 6) is -1.34. The first-order valence-electron chi connectivity index (χ1n) is 12.7. The van der Waals surface area contributed by atoms with E-state index in [1.165, 1.54) is 29.0 Å². The SMILES string of the molecule is Cn1ccc2c(Oc3ccc(NC(=O)c4cn(-c5ccc(C(F)(F)F)cc5Cl)c5ccccc5c4=O)cc3F)ccnc21. The Kier molecular flexibility index (Phi) is 6.89. The lowest BCUT2D eigenvalue weighted by atomic mass is 10.1. The maximum atomic E-state index is 15.1. The van der Waals surface area contributed by atoms with Gasteiger partial charge in [0.1, 0.15) is 17.0 Å². The van der Waals surface area contributed by atoms with E-state index in [0.717, 1.165) is 24.3 Å². The van der Waals surface area contributed by atoms with Crippen LogP contribution in [0.2, 0.25) is 5.02 Å². The predicted molar refractivity (Wildman–Crippen MR) is 155 cm³/mol. The number of alkyl halides is 3. The number of carbonyl (C=O) groups is 1. The zero-order valence-corrected chi connectivity index (χ0v) is 22.9. The molecule has 3 aromatic heterocycles. The molecule has 1 amide bonds. The van der Waals surface area contributed by atoms with Crippen LogP contribution in [0, 0.1) is 5.82 Å². The van der Waals surface area contributed by atoms with Gasteiger partial charge in [0.2, 0.25) is 5.43 Å². The molecule has 0 saturated carbocycles. The number of para-hydroxylation sites is 1. The molecule has 0 atom stereocenters. The third-order valence-corrected chi connectivity index (χ3v) is 7.13. The first-order chi connectivity index (χ1) is 20.5. The van der Waals surface area contributed by atoms with Crippen molar-refractivity contribution in [3.8, 4) is 17.2 Å². The van der Waals surface area contributed by atoms with Gasteiger partial charge in [0.15, 0.2) is 11.6 Å². The van der Waals surface area contributed by atoms with Crippen molar-refractivity contribution in [2.24, 2.45) is 7.05 Å². The summed E-state index contributed by atoms with van der Waals surface area (Å²) >= 11 is 6.24. The molecule has 0 spiro atoms. The van der Waals surface area contributed by atoms with Crippen LogP contribution in [0.4, 0.5) is 23.2 Å². The minimum Gasteiger partial charge on any atom is -0.453 e. The summed E-state index contributed by atoms with van der Waals surface area (Å²) in [6, 6.07) is 16.2. The van der Waals surface area contributed by atoms with Gasteiger partial charge >= 0.3 is 6.18 Å². The number of amides is 1. The van der Waals surface area contributed by atoms with Crippen LogP contribution in [0.1, 0.15) is 15.9 Å². The summed E-state index contributed by atoms with van der Waals surface area (Å²) in [5.41, 5.74) is -0.772. The van der Waals surface area contributed by atoms with Gasteiger partial charge in [-0.3, -0.25) is 9.59 Å². The molecule has 3 heterocycles. The van der Waals surface area contributed by atoms with Gasteiger partial charge in [-0.25, -0.2) is 9.37 Å². The fraction of sp³-hybridized carbons (Fsp3) is 0.0645. The minimum absolute atomic E-state index is 0.0427. The molecule has 0 saturated heterocycles. The van der Waals surface area contributed by atoms with Crippen LogP contribution >= 0.6 is 11.6 Å². The summed E-state index contributed by atoms with van der Waals surface area (Å²) in [7, 11) is 1.82. The molecule has 3 aromatic carbocycles. The second-order valence-electron chi connectivity index (χ2n) is 9.60. The molecule has 0 fully saturated rings. The number of nitrogens with zero attached hydrogens (tertiary/aromatic N) is 3. The van der Waals surface area contributed by atoms with Gasteiger partial charge in [-0.05, 0) is 54.6 Å². The van der Waals surface area contributed by atoms with E-state index in [9.17, 15) is 22.8 Å². The Bertz CT molecular complexity index is 2120. The van der Waals surface area contributed by atoms with Crippen molar-refractivity contribution in [2.45, 2.75) is 6.18 Å². The third-order valence-electron chi connectivity index (χ3n) is 6.83. The maximum absolute atomic E-state index is 15.1. The van der Waals surface area contributed by atoms with Crippen LogP contribution in [0.5, 0.6) is 11.5 Å². The number of hydrogen-bond acceptors (Lipinski definition) is 4. The average Bonchev–Trinajstić information content (AvgIpc) is 3.36. The second kappa shape index (κ2) is 10.6. The van der Waals surface area contributed by atoms with Gasteiger partial charge in [-0.2, -0.15) is 13.2 Å². The Morgan fingerprint density at radius 3 is 2.51 bits per heavy atom. The molecule has 0 aliphatic rings. The van der Waals surface area contributed by atoms with E-state index in [-0.39, 0.29) is 33.1 Å². The van der Waals surface area contributed by atoms with E-state index in [1.54, 1.807) is 47.3 Å². The molecule has 0 unspecified atom stereocenters. The van der Waals surface area contributed by atoms with E-state index in [4.69, 9.17) is 16.3 Å². The number of aromatic nitrogens is 3. The van der Waals surface area contributed by atoms with E-state index >= 15 is 4.39 Å². The van der Waals surface area contributed by atoms with Crippen molar-refractivity contribution in [3.05, 3.63) is 124 Å². The molecule has 1 N–H and O–H groups in total. The number of rotatable bonds is 5. The van der Waals surface area contributed by atoms with Crippen molar-refractivity contribution in [1.29, 1.82) is 0 Å². The van der Waals surface area contributed by atoms with E-state index in [1.807, 2.05) is 7.05 Å². The van der Waals surface area contributed by atoms with Gasteiger partial charge in [0, 0.05) is 42.8 Å². The van der Waals surface area contributed by atoms with Crippen LogP contribution in [0.15, 0.2) is 96.2 Å². The van der Waals surface area contributed by atoms with Crippen molar-refractivity contribution in [3.63, 3.8) is 0 Å². The minimum atomic E-state index is -4.61. The number of benzene rings is 3. The molecule has 12 heteroatoms. The van der Waals surface area contributed by atoms with E-state index < -0.39 is 28.9 Å². The Morgan fingerprint density at radius 2 is 1.77 bits per heavy atom. The van der Waals surface area contributed by atoms with E-state index in [2.05, 4.69) is 10.3 Å². The molecule has 0 bridgehead atoms. The molecule has 216 valence electrons. The van der Waals surface area contributed by atoms with Crippen LogP contribution < -0.4 is 15.5 Å². The fourth-order valence-electron chi connectivity index (χ4n) is 4.72. The smallest absolute Gasteiger partial charge is 0.416 e. The number of pyridine rings is 2.